The molecule has 3 atom stereocenters. The lowest BCUT2D eigenvalue weighted by Crippen LogP contribution is -2.45. The van der Waals surface area contributed by atoms with Gasteiger partial charge in [-0.15, -0.1) is 0 Å². The molecule has 6 heteroatoms. The average molecular weight is 278 g/mol. The van der Waals surface area contributed by atoms with Gasteiger partial charge in [0.25, 0.3) is 0 Å². The van der Waals surface area contributed by atoms with Crippen molar-refractivity contribution in [3.63, 3.8) is 0 Å². The van der Waals surface area contributed by atoms with E-state index in [1.165, 1.54) is 6.08 Å². The smallest absolute Gasteiger partial charge is 0.161 e. The Morgan fingerprint density at radius 2 is 1.95 bits per heavy atom. The zero-order chi connectivity index (χ0) is 14.5. The Labute approximate surface area is 116 Å². The molecule has 2 rings (SSSR count). The van der Waals surface area contributed by atoms with Crippen molar-refractivity contribution >= 4 is 5.84 Å². The first kappa shape index (κ1) is 14.5. The molecule has 6 nitrogen and oxygen atoms in total. The number of aliphatic hydroxyl groups is 3. The Kier molecular flexibility index (Phi) is 4.73. The number of hydrogen-bond donors (Lipinski definition) is 4. The molecule has 0 radical (unpaired) electrons. The third-order valence-electron chi connectivity index (χ3n) is 3.04. The van der Waals surface area contributed by atoms with Gasteiger partial charge >= 0.3 is 0 Å². The third kappa shape index (κ3) is 3.36. The summed E-state index contributed by atoms with van der Waals surface area (Å²) in [5.41, 5.74) is 6.80. The van der Waals surface area contributed by atoms with Crippen LogP contribution in [0.3, 0.4) is 0 Å². The van der Waals surface area contributed by atoms with Crippen LogP contribution in [0.2, 0.25) is 0 Å². The predicted octanol–water partition coefficient (Wildman–Crippen LogP) is -0.459. The van der Waals surface area contributed by atoms with Crippen molar-refractivity contribution in [2.75, 3.05) is 6.61 Å². The number of hydrogen-bond acceptors (Lipinski definition) is 5. The van der Waals surface area contributed by atoms with Crippen LogP contribution >= 0.6 is 0 Å². The van der Waals surface area contributed by atoms with E-state index in [1.54, 1.807) is 0 Å². The fourth-order valence-electron chi connectivity index (χ4n) is 1.87. The van der Waals surface area contributed by atoms with Crippen molar-refractivity contribution in [1.82, 2.24) is 0 Å². The van der Waals surface area contributed by atoms with E-state index in [2.05, 4.69) is 4.99 Å². The van der Waals surface area contributed by atoms with Crippen LogP contribution in [-0.4, -0.2) is 46.1 Å². The Bertz CT molecular complexity index is 501. The van der Waals surface area contributed by atoms with Gasteiger partial charge in [0.1, 0.15) is 12.2 Å². The molecule has 0 fully saturated rings. The molecular weight excluding hydrogens is 260 g/mol. The number of aliphatic imine (C=N–C) groups is 1. The normalized spacial score (nSPS) is 26.9. The zero-order valence-corrected chi connectivity index (χ0v) is 10.9. The van der Waals surface area contributed by atoms with Gasteiger partial charge in [-0.05, 0) is 11.6 Å². The summed E-state index contributed by atoms with van der Waals surface area (Å²) < 4.78 is 5.31. The Hall–Kier alpha value is -1.89. The van der Waals surface area contributed by atoms with Crippen LogP contribution in [0, 0.1) is 0 Å². The van der Waals surface area contributed by atoms with Gasteiger partial charge in [-0.25, -0.2) is 0 Å². The van der Waals surface area contributed by atoms with Crippen LogP contribution in [0.25, 0.3) is 0 Å². The maximum atomic E-state index is 9.66. The van der Waals surface area contributed by atoms with Crippen LogP contribution in [0.15, 0.2) is 47.2 Å². The van der Waals surface area contributed by atoms with E-state index >= 15 is 0 Å². The van der Waals surface area contributed by atoms with E-state index in [0.717, 1.165) is 5.56 Å². The number of benzene rings is 1. The SMILES string of the molecule is NC(=NCc1ccccc1)C1=C[C@@H](O)[C@@H](O)[C@@H](CO)O1. The first-order valence-corrected chi connectivity index (χ1v) is 6.31. The fourth-order valence-corrected chi connectivity index (χ4v) is 1.87. The van der Waals surface area contributed by atoms with Crippen molar-refractivity contribution in [1.29, 1.82) is 0 Å². The third-order valence-corrected chi connectivity index (χ3v) is 3.04. The molecule has 1 aliphatic rings. The molecule has 0 unspecified atom stereocenters. The first-order chi connectivity index (χ1) is 9.61. The van der Waals surface area contributed by atoms with Crippen LogP contribution in [-0.2, 0) is 11.3 Å². The fraction of sp³-hybridized carbons (Fsp3) is 0.357. The van der Waals surface area contributed by atoms with Crippen LogP contribution in [0.5, 0.6) is 0 Å². The minimum absolute atomic E-state index is 0.123. The highest BCUT2D eigenvalue weighted by Crippen LogP contribution is 2.18. The van der Waals surface area contributed by atoms with Gasteiger partial charge in [0, 0.05) is 0 Å². The number of nitrogens with two attached hydrogens (primary N) is 1. The number of nitrogens with zero attached hydrogens (tertiary/aromatic N) is 1. The lowest BCUT2D eigenvalue weighted by molar-refractivity contribution is -0.0860. The van der Waals surface area contributed by atoms with E-state index in [1.807, 2.05) is 30.3 Å². The largest absolute Gasteiger partial charge is 0.482 e. The topological polar surface area (TPSA) is 108 Å². The van der Waals surface area contributed by atoms with Crippen molar-refractivity contribution in [3.8, 4) is 0 Å². The molecular formula is C14H18N2O4. The summed E-state index contributed by atoms with van der Waals surface area (Å²) in [6.45, 7) is -0.0304. The van der Waals surface area contributed by atoms with Gasteiger partial charge in [-0.2, -0.15) is 0 Å². The van der Waals surface area contributed by atoms with E-state index in [9.17, 15) is 10.2 Å². The summed E-state index contributed by atoms with van der Waals surface area (Å²) in [7, 11) is 0. The predicted molar refractivity (Wildman–Crippen MR) is 73.8 cm³/mol. The minimum atomic E-state index is -1.18. The highest BCUT2D eigenvalue weighted by Gasteiger charge is 2.32. The summed E-state index contributed by atoms with van der Waals surface area (Å²) in [5.74, 6) is 0.302. The lowest BCUT2D eigenvalue weighted by atomic mass is 10.0. The second-order valence-corrected chi connectivity index (χ2v) is 4.54. The molecule has 0 spiro atoms. The monoisotopic (exact) mass is 278 g/mol. The van der Waals surface area contributed by atoms with Crippen LogP contribution in [0.1, 0.15) is 5.56 Å². The second kappa shape index (κ2) is 6.51. The molecule has 0 aromatic heterocycles. The van der Waals surface area contributed by atoms with Crippen molar-refractivity contribution in [3.05, 3.63) is 47.7 Å². The molecule has 1 aliphatic heterocycles. The molecule has 108 valence electrons. The Balaban J connectivity index is 2.08. The molecule has 20 heavy (non-hydrogen) atoms. The quantitative estimate of drug-likeness (QED) is 0.440. The maximum Gasteiger partial charge on any atom is 0.161 e. The van der Waals surface area contributed by atoms with Crippen molar-refractivity contribution in [2.45, 2.75) is 24.9 Å². The summed E-state index contributed by atoms with van der Waals surface area (Å²) in [6.07, 6.45) is -1.93. The number of aliphatic hydroxyl groups excluding tert-OH is 3. The highest BCUT2D eigenvalue weighted by atomic mass is 16.5. The van der Waals surface area contributed by atoms with Gasteiger partial charge in [-0.1, -0.05) is 30.3 Å². The molecule has 0 aliphatic carbocycles. The van der Waals surface area contributed by atoms with Crippen LogP contribution in [0.4, 0.5) is 0 Å². The molecule has 0 bridgehead atoms. The molecule has 0 saturated carbocycles. The summed E-state index contributed by atoms with van der Waals surface area (Å²) in [5, 5.41) is 28.3. The van der Waals surface area contributed by atoms with Crippen molar-refractivity contribution in [2.24, 2.45) is 10.7 Å². The summed E-state index contributed by atoms with van der Waals surface area (Å²) in [4.78, 5) is 4.17. The summed E-state index contributed by atoms with van der Waals surface area (Å²) >= 11 is 0. The minimum Gasteiger partial charge on any atom is -0.482 e. The molecule has 1 aromatic carbocycles. The summed E-state index contributed by atoms with van der Waals surface area (Å²) in [6, 6.07) is 9.55. The number of amidine groups is 1. The first-order valence-electron chi connectivity index (χ1n) is 6.31. The van der Waals surface area contributed by atoms with E-state index in [0.29, 0.717) is 6.54 Å². The molecule has 1 heterocycles. The van der Waals surface area contributed by atoms with Gasteiger partial charge in [0.2, 0.25) is 0 Å². The van der Waals surface area contributed by atoms with E-state index < -0.39 is 24.9 Å². The van der Waals surface area contributed by atoms with Crippen LogP contribution < -0.4 is 5.73 Å². The maximum absolute atomic E-state index is 9.66. The van der Waals surface area contributed by atoms with Gasteiger partial charge in [-0.3, -0.25) is 4.99 Å². The molecule has 0 saturated heterocycles. The standard InChI is InChI=1S/C14H18N2O4/c15-14(16-7-9-4-2-1-3-5-9)11-6-10(18)13(19)12(8-17)20-11/h1-6,10,12-13,17-19H,7-8H2,(H2,15,16)/t10-,12-,13-/m1/s1. The van der Waals surface area contributed by atoms with E-state index in [-0.39, 0.29) is 11.6 Å². The van der Waals surface area contributed by atoms with Crippen molar-refractivity contribution < 1.29 is 20.1 Å². The van der Waals surface area contributed by atoms with E-state index in [4.69, 9.17) is 15.6 Å². The highest BCUT2D eigenvalue weighted by molar-refractivity contribution is 5.95. The van der Waals surface area contributed by atoms with Gasteiger partial charge in [0.05, 0.1) is 13.2 Å². The molecule has 5 N–H and O–H groups in total. The number of ether oxygens (including phenoxy) is 1. The Morgan fingerprint density at radius 1 is 1.25 bits per heavy atom. The second-order valence-electron chi connectivity index (χ2n) is 4.54. The lowest BCUT2D eigenvalue weighted by Gasteiger charge is -2.30. The van der Waals surface area contributed by atoms with Gasteiger partial charge < -0.3 is 25.8 Å². The number of rotatable bonds is 4. The zero-order valence-electron chi connectivity index (χ0n) is 10.9. The van der Waals surface area contributed by atoms with Gasteiger partial charge in [0.15, 0.2) is 17.7 Å². The molecule has 1 aromatic rings. The Morgan fingerprint density at radius 3 is 2.60 bits per heavy atom. The molecule has 0 amide bonds. The average Bonchev–Trinajstić information content (AvgIpc) is 2.48.